The Morgan fingerprint density at radius 1 is 1.45 bits per heavy atom. The van der Waals surface area contributed by atoms with Gasteiger partial charge in [-0.1, -0.05) is 0 Å². The Balaban J connectivity index is 2.42. The van der Waals surface area contributed by atoms with Gasteiger partial charge in [0, 0.05) is 18.8 Å². The molecule has 1 aromatic carbocycles. The Bertz CT molecular complexity index is 590. The molecular weight excluding hydrogens is 282 g/mol. The first-order chi connectivity index (χ1) is 9.31. The number of ether oxygens (including phenoxy) is 1. The fraction of sp³-hybridized carbons (Fsp3) is 0.500. The number of aliphatic hydroxyl groups is 1. The lowest BCUT2D eigenvalue weighted by molar-refractivity contribution is -0.0422. The average molecular weight is 301 g/mol. The third-order valence-corrected chi connectivity index (χ3v) is 4.10. The van der Waals surface area contributed by atoms with Crippen molar-refractivity contribution >= 4 is 21.4 Å². The van der Waals surface area contributed by atoms with E-state index in [1.165, 1.54) is 6.07 Å². The number of nitrogens with two attached hydrogens (primary N) is 2. The summed E-state index contributed by atoms with van der Waals surface area (Å²) in [5.74, 6) is 0. The Labute approximate surface area is 118 Å². The van der Waals surface area contributed by atoms with Gasteiger partial charge >= 0.3 is 0 Å². The summed E-state index contributed by atoms with van der Waals surface area (Å²) in [4.78, 5) is 1.83. The standard InChI is InChI=1S/C12H19N3O4S/c1-8-5-15(6-10(7-16)19-8)11-3-2-9(13)4-12(11)20(14,17)18/h2-4,8,10,16H,5-7,13H2,1H3,(H2,14,17,18). The SMILES string of the molecule is CC1CN(c2ccc(N)cc2S(N)(=O)=O)CC(CO)O1. The number of sulfonamides is 1. The molecule has 7 nitrogen and oxygen atoms in total. The van der Waals surface area contributed by atoms with Gasteiger partial charge in [-0.05, 0) is 25.1 Å². The number of morpholine rings is 1. The Morgan fingerprint density at radius 2 is 2.15 bits per heavy atom. The Kier molecular flexibility index (Phi) is 4.19. The van der Waals surface area contributed by atoms with Crippen LogP contribution in [0.15, 0.2) is 23.1 Å². The summed E-state index contributed by atoms with van der Waals surface area (Å²) >= 11 is 0. The predicted molar refractivity (Wildman–Crippen MR) is 75.9 cm³/mol. The van der Waals surface area contributed by atoms with E-state index in [9.17, 15) is 13.5 Å². The van der Waals surface area contributed by atoms with Gasteiger partial charge in [0.05, 0.1) is 24.5 Å². The second-order valence-corrected chi connectivity index (χ2v) is 6.46. The van der Waals surface area contributed by atoms with Crippen molar-refractivity contribution in [3.63, 3.8) is 0 Å². The number of benzene rings is 1. The molecule has 0 aliphatic carbocycles. The molecule has 1 aromatic rings. The molecule has 0 bridgehead atoms. The first-order valence-corrected chi connectivity index (χ1v) is 7.79. The van der Waals surface area contributed by atoms with Gasteiger partial charge in [0.1, 0.15) is 4.90 Å². The van der Waals surface area contributed by atoms with Crippen LogP contribution in [0.5, 0.6) is 0 Å². The number of primary sulfonamides is 1. The van der Waals surface area contributed by atoms with Gasteiger partial charge in [0.2, 0.25) is 10.0 Å². The lowest BCUT2D eigenvalue weighted by atomic mass is 10.2. The normalized spacial score (nSPS) is 23.9. The number of aliphatic hydroxyl groups excluding tert-OH is 1. The third kappa shape index (κ3) is 3.21. The quantitative estimate of drug-likeness (QED) is 0.648. The highest BCUT2D eigenvalue weighted by Crippen LogP contribution is 2.29. The maximum Gasteiger partial charge on any atom is 0.240 e. The molecule has 2 unspecified atom stereocenters. The molecule has 1 aliphatic heterocycles. The van der Waals surface area contributed by atoms with E-state index in [0.29, 0.717) is 24.5 Å². The molecule has 0 saturated carbocycles. The molecule has 0 amide bonds. The molecule has 1 saturated heterocycles. The van der Waals surface area contributed by atoms with Crippen molar-refractivity contribution in [1.82, 2.24) is 0 Å². The van der Waals surface area contributed by atoms with E-state index in [2.05, 4.69) is 0 Å². The maximum atomic E-state index is 11.7. The molecule has 2 rings (SSSR count). The van der Waals surface area contributed by atoms with Gasteiger partial charge in [-0.15, -0.1) is 0 Å². The van der Waals surface area contributed by atoms with Gasteiger partial charge in [-0.2, -0.15) is 0 Å². The summed E-state index contributed by atoms with van der Waals surface area (Å²) in [7, 11) is -3.87. The topological polar surface area (TPSA) is 119 Å². The zero-order valence-electron chi connectivity index (χ0n) is 11.2. The van der Waals surface area contributed by atoms with Crippen LogP contribution in [0.3, 0.4) is 0 Å². The van der Waals surface area contributed by atoms with Crippen LogP contribution in [0.1, 0.15) is 6.92 Å². The van der Waals surface area contributed by atoms with E-state index in [0.717, 1.165) is 0 Å². The summed E-state index contributed by atoms with van der Waals surface area (Å²) in [6.45, 7) is 2.65. The van der Waals surface area contributed by atoms with Crippen LogP contribution in [0.4, 0.5) is 11.4 Å². The van der Waals surface area contributed by atoms with E-state index in [4.69, 9.17) is 15.6 Å². The highest BCUT2D eigenvalue weighted by molar-refractivity contribution is 7.89. The predicted octanol–water partition coefficient (Wildman–Crippen LogP) is -0.498. The van der Waals surface area contributed by atoms with Crippen LogP contribution < -0.4 is 15.8 Å². The van der Waals surface area contributed by atoms with E-state index in [1.54, 1.807) is 12.1 Å². The van der Waals surface area contributed by atoms with Crippen molar-refractivity contribution in [3.05, 3.63) is 18.2 Å². The largest absolute Gasteiger partial charge is 0.399 e. The van der Waals surface area contributed by atoms with Crippen LogP contribution in [-0.4, -0.2) is 45.4 Å². The molecule has 20 heavy (non-hydrogen) atoms. The first kappa shape index (κ1) is 15.0. The maximum absolute atomic E-state index is 11.7. The summed E-state index contributed by atoms with van der Waals surface area (Å²) in [5, 5.41) is 14.5. The van der Waals surface area contributed by atoms with Gasteiger partial charge in [0.25, 0.3) is 0 Å². The summed E-state index contributed by atoms with van der Waals surface area (Å²) < 4.78 is 28.9. The van der Waals surface area contributed by atoms with Gasteiger partial charge in [-0.3, -0.25) is 0 Å². The molecule has 112 valence electrons. The third-order valence-electron chi connectivity index (χ3n) is 3.16. The highest BCUT2D eigenvalue weighted by atomic mass is 32.2. The zero-order chi connectivity index (χ0) is 14.9. The van der Waals surface area contributed by atoms with Gasteiger partial charge in [-0.25, -0.2) is 13.6 Å². The molecular formula is C12H19N3O4S. The molecule has 2 atom stereocenters. The minimum Gasteiger partial charge on any atom is -0.399 e. The van der Waals surface area contributed by atoms with E-state index < -0.39 is 10.0 Å². The summed E-state index contributed by atoms with van der Waals surface area (Å²) in [5.41, 5.74) is 6.44. The Morgan fingerprint density at radius 3 is 2.75 bits per heavy atom. The van der Waals surface area contributed by atoms with Crippen molar-refractivity contribution < 1.29 is 18.3 Å². The fourth-order valence-electron chi connectivity index (χ4n) is 2.36. The fourth-order valence-corrected chi connectivity index (χ4v) is 3.15. The highest BCUT2D eigenvalue weighted by Gasteiger charge is 2.28. The molecule has 0 radical (unpaired) electrons. The van der Waals surface area contributed by atoms with E-state index in [1.807, 2.05) is 11.8 Å². The second-order valence-electron chi connectivity index (χ2n) is 4.93. The van der Waals surface area contributed by atoms with Crippen LogP contribution in [0, 0.1) is 0 Å². The number of nitrogens with zero attached hydrogens (tertiary/aromatic N) is 1. The van der Waals surface area contributed by atoms with Gasteiger partial charge < -0.3 is 20.5 Å². The van der Waals surface area contributed by atoms with Crippen molar-refractivity contribution in [3.8, 4) is 0 Å². The molecule has 1 fully saturated rings. The first-order valence-electron chi connectivity index (χ1n) is 6.25. The molecule has 0 spiro atoms. The van der Waals surface area contributed by atoms with E-state index >= 15 is 0 Å². The average Bonchev–Trinajstić information content (AvgIpc) is 2.36. The van der Waals surface area contributed by atoms with E-state index in [-0.39, 0.29) is 23.7 Å². The van der Waals surface area contributed by atoms with Crippen molar-refractivity contribution in [2.24, 2.45) is 5.14 Å². The van der Waals surface area contributed by atoms with Crippen LogP contribution in [-0.2, 0) is 14.8 Å². The lowest BCUT2D eigenvalue weighted by Crippen LogP contribution is -2.48. The van der Waals surface area contributed by atoms with Crippen molar-refractivity contribution in [2.45, 2.75) is 24.0 Å². The van der Waals surface area contributed by atoms with Crippen LogP contribution >= 0.6 is 0 Å². The monoisotopic (exact) mass is 301 g/mol. The van der Waals surface area contributed by atoms with Crippen LogP contribution in [0.25, 0.3) is 0 Å². The zero-order valence-corrected chi connectivity index (χ0v) is 12.0. The smallest absolute Gasteiger partial charge is 0.240 e. The number of rotatable bonds is 3. The number of anilines is 2. The minimum absolute atomic E-state index is 0.0108. The van der Waals surface area contributed by atoms with Crippen molar-refractivity contribution in [1.29, 1.82) is 0 Å². The molecule has 0 aromatic heterocycles. The second kappa shape index (κ2) is 5.57. The summed E-state index contributed by atoms with van der Waals surface area (Å²) in [6, 6.07) is 4.60. The summed E-state index contributed by atoms with van der Waals surface area (Å²) in [6.07, 6.45) is -0.476. The van der Waals surface area contributed by atoms with Gasteiger partial charge in [0.15, 0.2) is 0 Å². The van der Waals surface area contributed by atoms with Crippen molar-refractivity contribution in [2.75, 3.05) is 30.3 Å². The number of nitrogen functional groups attached to an aromatic ring is 1. The minimum atomic E-state index is -3.87. The molecule has 8 heteroatoms. The lowest BCUT2D eigenvalue weighted by Gasteiger charge is -2.38. The molecule has 1 heterocycles. The number of hydrogen-bond donors (Lipinski definition) is 3. The molecule has 5 N–H and O–H groups in total. The Hall–Kier alpha value is -1.35. The van der Waals surface area contributed by atoms with Crippen LogP contribution in [0.2, 0.25) is 0 Å². The molecule has 1 aliphatic rings. The number of hydrogen-bond acceptors (Lipinski definition) is 6.